The molecule has 19 heteroatoms. The van der Waals surface area contributed by atoms with Crippen molar-refractivity contribution in [2.45, 2.75) is 380 Å². The van der Waals surface area contributed by atoms with Crippen molar-refractivity contribution in [3.8, 4) is 0 Å². The van der Waals surface area contributed by atoms with Crippen LogP contribution < -0.4 is 0 Å². The third kappa shape index (κ3) is 72.8. The van der Waals surface area contributed by atoms with Crippen molar-refractivity contribution < 1.29 is 80.2 Å². The summed E-state index contributed by atoms with van der Waals surface area (Å²) in [6.07, 6.45) is 74.5. The minimum atomic E-state index is -4.98. The first-order valence-electron chi connectivity index (χ1n) is 40.2. The average Bonchev–Trinajstić information content (AvgIpc) is 1.05. The van der Waals surface area contributed by atoms with Crippen LogP contribution in [0, 0.1) is 0 Å². The van der Waals surface area contributed by atoms with Crippen LogP contribution in [0.2, 0.25) is 0 Å². The summed E-state index contributed by atoms with van der Waals surface area (Å²) in [5.41, 5.74) is 0. The maximum atomic E-state index is 13.1. The Balaban J connectivity index is 5.31. The first-order chi connectivity index (χ1) is 48.7. The maximum Gasteiger partial charge on any atom is 0.472 e. The lowest BCUT2D eigenvalue weighted by Crippen LogP contribution is -2.30. The summed E-state index contributed by atoms with van der Waals surface area (Å²) in [5, 5.41) is 10.6. The van der Waals surface area contributed by atoms with Gasteiger partial charge in [-0.1, -0.05) is 312 Å². The molecule has 17 nitrogen and oxygen atoms in total. The lowest BCUT2D eigenvalue weighted by molar-refractivity contribution is -0.161. The Bertz CT molecular complexity index is 2180. The number of esters is 4. The second kappa shape index (κ2) is 73.8. The van der Waals surface area contributed by atoms with E-state index in [-0.39, 0.29) is 25.7 Å². The van der Waals surface area contributed by atoms with Crippen LogP contribution in [-0.4, -0.2) is 96.7 Å². The van der Waals surface area contributed by atoms with Gasteiger partial charge in [0.25, 0.3) is 0 Å². The molecule has 0 rings (SSSR count). The van der Waals surface area contributed by atoms with E-state index in [4.69, 9.17) is 37.0 Å². The summed E-state index contributed by atoms with van der Waals surface area (Å²) in [4.78, 5) is 72.9. The van der Waals surface area contributed by atoms with Gasteiger partial charge in [0, 0.05) is 25.7 Å². The van der Waals surface area contributed by atoms with Crippen molar-refractivity contribution >= 4 is 39.5 Å². The van der Waals surface area contributed by atoms with E-state index in [1.54, 1.807) is 0 Å². The summed E-state index contributed by atoms with van der Waals surface area (Å²) in [7, 11) is -9.94. The Morgan fingerprint density at radius 3 is 0.820 bits per heavy atom. The SMILES string of the molecule is CC/C=C\C/C=C\C/C=C\CCCCCCCCCC(=O)OC(COC(=O)CCCCCCCC/C=C\C/C=C\C/C=C\CCCCC)COP(=O)(O)OCC(O)COP(=O)(O)OCC(COC(=O)CCCCCCCCCCCCCCC)OC(=O)CCCCCCCCCCCCC. The van der Waals surface area contributed by atoms with Gasteiger partial charge >= 0.3 is 39.5 Å². The normalized spacial score (nSPS) is 14.3. The number of rotatable bonds is 76. The van der Waals surface area contributed by atoms with E-state index in [1.165, 1.54) is 116 Å². The number of carbonyl (C=O) groups is 4. The molecule has 0 radical (unpaired) electrons. The molecule has 0 aliphatic heterocycles. The highest BCUT2D eigenvalue weighted by molar-refractivity contribution is 7.47. The number of ether oxygens (including phenoxy) is 4. The molecular weight excluding hydrogens is 1310 g/mol. The number of allylic oxidation sites excluding steroid dienone is 12. The predicted molar refractivity (Wildman–Crippen MR) is 409 cm³/mol. The van der Waals surface area contributed by atoms with Crippen molar-refractivity contribution in [1.29, 1.82) is 0 Å². The van der Waals surface area contributed by atoms with Crippen LogP contribution >= 0.6 is 15.6 Å². The summed E-state index contributed by atoms with van der Waals surface area (Å²) < 4.78 is 68.6. The molecule has 0 saturated carbocycles. The number of aliphatic hydroxyl groups excluding tert-OH is 1. The average molecular weight is 1450 g/mol. The van der Waals surface area contributed by atoms with Crippen molar-refractivity contribution in [3.63, 3.8) is 0 Å². The largest absolute Gasteiger partial charge is 0.472 e. The molecule has 0 spiro atoms. The van der Waals surface area contributed by atoms with Gasteiger partial charge in [-0.3, -0.25) is 37.3 Å². The molecule has 0 aromatic rings. The van der Waals surface area contributed by atoms with Crippen LogP contribution in [0.1, 0.15) is 362 Å². The van der Waals surface area contributed by atoms with Gasteiger partial charge in [-0.15, -0.1) is 0 Å². The number of phosphoric acid groups is 2. The molecule has 100 heavy (non-hydrogen) atoms. The standard InChI is InChI=1S/C81H146O17P2/c1-5-9-13-17-21-25-29-32-34-36-37-39-40-43-47-50-54-58-62-66-79(84)92-72-77(98-81(86)68-64-60-56-52-48-44-41-38-35-33-30-26-22-18-14-10-6-2)74-96-100(89,90)94-70-75(82)69-93-99(87,88)95-73-76(97-80(85)67-63-59-55-51-45-28-24-20-16-12-8-4)71-91-78(83)65-61-57-53-49-46-42-31-27-23-19-15-11-7-3/h10,14,21-22,25-26,32-35,37,39,75-77,82H,5-9,11-13,15-20,23-24,27-31,36,38,40-74H2,1-4H3,(H,87,88)(H,89,90)/b14-10-,25-21-,26-22-,34-32-,35-33-,39-37-. The molecule has 0 fully saturated rings. The van der Waals surface area contributed by atoms with Crippen molar-refractivity contribution in [2.75, 3.05) is 39.6 Å². The molecular formula is C81H146O17P2. The van der Waals surface area contributed by atoms with Gasteiger partial charge < -0.3 is 33.8 Å². The predicted octanol–water partition coefficient (Wildman–Crippen LogP) is 23.2. The number of unbranched alkanes of at least 4 members (excludes halogenated alkanes) is 38. The van der Waals surface area contributed by atoms with Gasteiger partial charge in [-0.05, 0) is 96.3 Å². The van der Waals surface area contributed by atoms with E-state index in [0.29, 0.717) is 25.7 Å². The molecule has 3 N–H and O–H groups in total. The van der Waals surface area contributed by atoms with E-state index in [0.717, 1.165) is 167 Å². The van der Waals surface area contributed by atoms with Crippen LogP contribution in [0.25, 0.3) is 0 Å². The Labute approximate surface area is 609 Å². The molecule has 0 aliphatic carbocycles. The third-order valence-electron chi connectivity index (χ3n) is 17.2. The van der Waals surface area contributed by atoms with Crippen LogP contribution in [0.5, 0.6) is 0 Å². The van der Waals surface area contributed by atoms with Crippen molar-refractivity contribution in [2.24, 2.45) is 0 Å². The zero-order valence-electron chi connectivity index (χ0n) is 63.6. The third-order valence-corrected chi connectivity index (χ3v) is 19.1. The van der Waals surface area contributed by atoms with Crippen molar-refractivity contribution in [3.05, 3.63) is 72.9 Å². The molecule has 5 atom stereocenters. The first-order valence-corrected chi connectivity index (χ1v) is 43.2. The van der Waals surface area contributed by atoms with E-state index < -0.39 is 97.5 Å². The Morgan fingerprint density at radius 2 is 0.520 bits per heavy atom. The summed E-state index contributed by atoms with van der Waals surface area (Å²) in [6.45, 7) is 4.77. The lowest BCUT2D eigenvalue weighted by atomic mass is 10.0. The zero-order valence-corrected chi connectivity index (χ0v) is 65.4. The monoisotopic (exact) mass is 1450 g/mol. The van der Waals surface area contributed by atoms with Crippen LogP contribution in [0.15, 0.2) is 72.9 Å². The fourth-order valence-corrected chi connectivity index (χ4v) is 12.6. The van der Waals surface area contributed by atoms with Crippen molar-refractivity contribution in [1.82, 2.24) is 0 Å². The van der Waals surface area contributed by atoms with E-state index in [2.05, 4.69) is 101 Å². The molecule has 0 aromatic heterocycles. The lowest BCUT2D eigenvalue weighted by Gasteiger charge is -2.21. The molecule has 0 aliphatic rings. The van der Waals surface area contributed by atoms with Gasteiger partial charge in [0.2, 0.25) is 0 Å². The van der Waals surface area contributed by atoms with E-state index in [9.17, 15) is 43.2 Å². The fraction of sp³-hybridized carbons (Fsp3) is 0.802. The van der Waals surface area contributed by atoms with E-state index in [1.807, 2.05) is 0 Å². The Hall–Kier alpha value is -3.50. The Kier molecular flexibility index (Phi) is 71.2. The van der Waals surface area contributed by atoms with Gasteiger partial charge in [-0.2, -0.15) is 0 Å². The quantitative estimate of drug-likeness (QED) is 0.0169. The van der Waals surface area contributed by atoms with Crippen LogP contribution in [0.4, 0.5) is 0 Å². The highest BCUT2D eigenvalue weighted by Gasteiger charge is 2.30. The molecule has 0 saturated heterocycles. The van der Waals surface area contributed by atoms with Gasteiger partial charge in [0.05, 0.1) is 26.4 Å². The summed E-state index contributed by atoms with van der Waals surface area (Å²) in [5.74, 6) is -2.17. The number of aliphatic hydroxyl groups is 1. The molecule has 582 valence electrons. The number of hydrogen-bond acceptors (Lipinski definition) is 15. The second-order valence-corrected chi connectivity index (χ2v) is 29.9. The van der Waals surface area contributed by atoms with Gasteiger partial charge in [-0.25, -0.2) is 9.13 Å². The first kappa shape index (κ1) is 96.5. The topological polar surface area (TPSA) is 237 Å². The fourth-order valence-electron chi connectivity index (χ4n) is 11.1. The molecule has 0 heterocycles. The number of phosphoric ester groups is 2. The van der Waals surface area contributed by atoms with Crippen LogP contribution in [-0.2, 0) is 65.4 Å². The minimum absolute atomic E-state index is 0.0831. The zero-order chi connectivity index (χ0) is 73.2. The smallest absolute Gasteiger partial charge is 0.462 e. The number of carbonyl (C=O) groups excluding carboxylic acids is 4. The van der Waals surface area contributed by atoms with Gasteiger partial charge in [0.15, 0.2) is 12.2 Å². The summed E-state index contributed by atoms with van der Waals surface area (Å²) >= 11 is 0. The second-order valence-electron chi connectivity index (χ2n) is 27.0. The molecule has 5 unspecified atom stereocenters. The molecule has 0 bridgehead atoms. The minimum Gasteiger partial charge on any atom is -0.462 e. The van der Waals surface area contributed by atoms with Gasteiger partial charge in [0.1, 0.15) is 19.3 Å². The highest BCUT2D eigenvalue weighted by Crippen LogP contribution is 2.45. The van der Waals surface area contributed by atoms with Crippen LogP contribution in [0.3, 0.4) is 0 Å². The van der Waals surface area contributed by atoms with E-state index >= 15 is 0 Å². The molecule has 0 amide bonds. The molecule has 0 aromatic carbocycles. The maximum absolute atomic E-state index is 13.1. The summed E-state index contributed by atoms with van der Waals surface area (Å²) in [6, 6.07) is 0. The number of hydrogen-bond donors (Lipinski definition) is 3. The highest BCUT2D eigenvalue weighted by atomic mass is 31.2. The Morgan fingerprint density at radius 1 is 0.290 bits per heavy atom.